The normalized spacial score (nSPS) is 33.9. The first-order valence-corrected chi connectivity index (χ1v) is 4.79. The Morgan fingerprint density at radius 2 is 2.40 bits per heavy atom. The molecule has 0 saturated heterocycles. The first kappa shape index (κ1) is 8.24. The largest absolute Gasteiger partial charge is 0.299 e. The minimum Gasteiger partial charge on any atom is -0.299 e. The second kappa shape index (κ2) is 3.51. The van der Waals surface area contributed by atoms with E-state index in [4.69, 9.17) is 0 Å². The third-order valence-electron chi connectivity index (χ3n) is 1.95. The van der Waals surface area contributed by atoms with E-state index in [-0.39, 0.29) is 3.92 Å². The summed E-state index contributed by atoms with van der Waals surface area (Å²) < 4.78 is 0.198. The van der Waals surface area contributed by atoms with Gasteiger partial charge in [-0.15, -0.1) is 6.58 Å². The quantitative estimate of drug-likeness (QED) is 0.396. The molecule has 0 aromatic heterocycles. The summed E-state index contributed by atoms with van der Waals surface area (Å²) in [5.74, 6) is 0.832. The Morgan fingerprint density at radius 3 is 2.90 bits per heavy atom. The van der Waals surface area contributed by atoms with E-state index in [1.165, 1.54) is 0 Å². The van der Waals surface area contributed by atoms with Crippen molar-refractivity contribution in [2.24, 2.45) is 5.92 Å². The summed E-state index contributed by atoms with van der Waals surface area (Å²) in [6.45, 7) is 3.71. The van der Waals surface area contributed by atoms with Crippen LogP contribution in [0.15, 0.2) is 12.7 Å². The van der Waals surface area contributed by atoms with Crippen LogP contribution in [-0.2, 0) is 4.79 Å². The summed E-state index contributed by atoms with van der Waals surface area (Å²) in [4.78, 5) is 11.1. The zero-order chi connectivity index (χ0) is 7.56. The van der Waals surface area contributed by atoms with Gasteiger partial charge in [0.25, 0.3) is 0 Å². The van der Waals surface area contributed by atoms with E-state index >= 15 is 0 Å². The second-order valence-electron chi connectivity index (χ2n) is 2.66. The molecule has 56 valence electrons. The highest BCUT2D eigenvalue weighted by Crippen LogP contribution is 2.28. The first-order valence-electron chi connectivity index (χ1n) is 3.55. The van der Waals surface area contributed by atoms with E-state index in [9.17, 15) is 4.79 Å². The fraction of sp³-hybridized carbons (Fsp3) is 0.625. The molecule has 10 heavy (non-hydrogen) atoms. The lowest BCUT2D eigenvalue weighted by atomic mass is 9.88. The predicted octanol–water partition coefficient (Wildman–Crippen LogP) is 2.35. The highest BCUT2D eigenvalue weighted by Gasteiger charge is 2.26. The summed E-state index contributed by atoms with van der Waals surface area (Å²) in [5, 5.41) is 0. The molecule has 2 atom stereocenters. The number of hydrogen-bond donors (Lipinski definition) is 0. The first-order chi connectivity index (χ1) is 4.75. The molecule has 0 unspecified atom stereocenters. The number of rotatable bonds is 1. The van der Waals surface area contributed by atoms with Crippen molar-refractivity contribution < 1.29 is 4.79 Å². The average molecular weight is 250 g/mol. The highest BCUT2D eigenvalue weighted by molar-refractivity contribution is 14.1. The van der Waals surface area contributed by atoms with Gasteiger partial charge in [-0.25, -0.2) is 0 Å². The topological polar surface area (TPSA) is 17.1 Å². The van der Waals surface area contributed by atoms with Crippen LogP contribution < -0.4 is 0 Å². The van der Waals surface area contributed by atoms with Crippen LogP contribution in [0.1, 0.15) is 19.3 Å². The van der Waals surface area contributed by atoms with Crippen LogP contribution in [-0.4, -0.2) is 9.71 Å². The Hall–Kier alpha value is 0.140. The van der Waals surface area contributed by atoms with Gasteiger partial charge in [-0.1, -0.05) is 28.7 Å². The lowest BCUT2D eigenvalue weighted by Crippen LogP contribution is -2.26. The van der Waals surface area contributed by atoms with Crippen molar-refractivity contribution in [2.45, 2.75) is 23.2 Å². The standard InChI is InChI=1S/C8H11IO/c1-2-6-4-3-5-7(10)8(6)9/h2,6,8H,1,3-5H2/t6-,8+/m1/s1. The number of ketones is 1. The van der Waals surface area contributed by atoms with Gasteiger partial charge in [0, 0.05) is 6.42 Å². The molecule has 0 radical (unpaired) electrons. The van der Waals surface area contributed by atoms with Gasteiger partial charge in [-0.2, -0.15) is 0 Å². The van der Waals surface area contributed by atoms with Crippen LogP contribution >= 0.6 is 22.6 Å². The van der Waals surface area contributed by atoms with Crippen LogP contribution in [0.4, 0.5) is 0 Å². The lowest BCUT2D eigenvalue weighted by Gasteiger charge is -2.22. The zero-order valence-electron chi connectivity index (χ0n) is 5.85. The van der Waals surface area contributed by atoms with Crippen molar-refractivity contribution in [1.82, 2.24) is 0 Å². The van der Waals surface area contributed by atoms with Crippen LogP contribution in [0.5, 0.6) is 0 Å². The lowest BCUT2D eigenvalue weighted by molar-refractivity contribution is -0.120. The SMILES string of the molecule is C=C[C@@H]1CCCC(=O)[C@H]1I. The van der Waals surface area contributed by atoms with E-state index < -0.39 is 0 Å². The monoisotopic (exact) mass is 250 g/mol. The van der Waals surface area contributed by atoms with Crippen molar-refractivity contribution in [2.75, 3.05) is 0 Å². The third kappa shape index (κ3) is 1.59. The van der Waals surface area contributed by atoms with Gasteiger partial charge in [-0.05, 0) is 18.8 Å². The molecule has 0 amide bonds. The van der Waals surface area contributed by atoms with Gasteiger partial charge < -0.3 is 0 Å². The van der Waals surface area contributed by atoms with Gasteiger partial charge in [0.05, 0.1) is 3.92 Å². The minimum absolute atomic E-state index is 0.198. The van der Waals surface area contributed by atoms with E-state index in [0.29, 0.717) is 11.7 Å². The Morgan fingerprint density at radius 1 is 1.70 bits per heavy atom. The third-order valence-corrected chi connectivity index (χ3v) is 3.57. The van der Waals surface area contributed by atoms with Crippen LogP contribution in [0.25, 0.3) is 0 Å². The fourth-order valence-electron chi connectivity index (χ4n) is 1.27. The van der Waals surface area contributed by atoms with E-state index in [0.717, 1.165) is 19.3 Å². The van der Waals surface area contributed by atoms with Gasteiger partial charge in [0.2, 0.25) is 0 Å². The Bertz CT molecular complexity index is 153. The maximum Gasteiger partial charge on any atom is 0.146 e. The van der Waals surface area contributed by atoms with Crippen LogP contribution in [0, 0.1) is 5.92 Å². The number of alkyl halides is 1. The van der Waals surface area contributed by atoms with E-state index in [1.54, 1.807) is 0 Å². The highest BCUT2D eigenvalue weighted by atomic mass is 127. The molecular formula is C8H11IO. The van der Waals surface area contributed by atoms with Crippen molar-refractivity contribution in [1.29, 1.82) is 0 Å². The minimum atomic E-state index is 0.198. The Kier molecular flexibility index (Phi) is 2.89. The number of halogens is 1. The molecule has 0 aromatic rings. The van der Waals surface area contributed by atoms with E-state index in [2.05, 4.69) is 29.2 Å². The van der Waals surface area contributed by atoms with Gasteiger partial charge >= 0.3 is 0 Å². The second-order valence-corrected chi connectivity index (χ2v) is 4.00. The molecule has 1 fully saturated rings. The molecule has 0 N–H and O–H groups in total. The fourth-order valence-corrected chi connectivity index (χ4v) is 2.24. The summed E-state index contributed by atoms with van der Waals surface area (Å²) in [7, 11) is 0. The van der Waals surface area contributed by atoms with E-state index in [1.807, 2.05) is 6.08 Å². The zero-order valence-corrected chi connectivity index (χ0v) is 8.00. The van der Waals surface area contributed by atoms with Gasteiger partial charge in [0.1, 0.15) is 5.78 Å². The molecule has 1 rings (SSSR count). The predicted molar refractivity (Wildman–Crippen MR) is 50.4 cm³/mol. The molecule has 0 aliphatic heterocycles. The number of carbonyl (C=O) groups excluding carboxylic acids is 1. The summed E-state index contributed by atoms with van der Waals surface area (Å²) >= 11 is 2.22. The molecule has 0 spiro atoms. The van der Waals surface area contributed by atoms with Gasteiger partial charge in [-0.3, -0.25) is 4.79 Å². The van der Waals surface area contributed by atoms with Gasteiger partial charge in [0.15, 0.2) is 0 Å². The molecule has 2 heteroatoms. The molecule has 0 bridgehead atoms. The van der Waals surface area contributed by atoms with Crippen molar-refractivity contribution in [3.05, 3.63) is 12.7 Å². The van der Waals surface area contributed by atoms with Crippen molar-refractivity contribution in [3.63, 3.8) is 0 Å². The molecular weight excluding hydrogens is 239 g/mol. The summed E-state index contributed by atoms with van der Waals surface area (Å²) in [6.07, 6.45) is 4.88. The van der Waals surface area contributed by atoms with Crippen LogP contribution in [0.3, 0.4) is 0 Å². The molecule has 1 nitrogen and oxygen atoms in total. The maximum absolute atomic E-state index is 11.1. The maximum atomic E-state index is 11.1. The van der Waals surface area contributed by atoms with Crippen LogP contribution in [0.2, 0.25) is 0 Å². The molecule has 1 aliphatic carbocycles. The molecule has 1 aliphatic rings. The number of Topliss-reactive ketones (excluding diaryl/α,β-unsaturated/α-hetero) is 1. The Labute approximate surface area is 75.0 Å². The molecule has 0 aromatic carbocycles. The summed E-state index contributed by atoms with van der Waals surface area (Å²) in [5.41, 5.74) is 0. The number of carbonyl (C=O) groups is 1. The smallest absolute Gasteiger partial charge is 0.146 e. The number of hydrogen-bond acceptors (Lipinski definition) is 1. The Balaban J connectivity index is 2.59. The van der Waals surface area contributed by atoms with Crippen molar-refractivity contribution >= 4 is 28.4 Å². The molecule has 0 heterocycles. The molecule has 1 saturated carbocycles. The number of allylic oxidation sites excluding steroid dienone is 1. The van der Waals surface area contributed by atoms with Crippen molar-refractivity contribution in [3.8, 4) is 0 Å². The average Bonchev–Trinajstić information content (AvgIpc) is 1.95. The summed E-state index contributed by atoms with van der Waals surface area (Å²) in [6, 6.07) is 0.